The summed E-state index contributed by atoms with van der Waals surface area (Å²) in [5.41, 5.74) is 6.68. The van der Waals surface area contributed by atoms with E-state index < -0.39 is 9.84 Å². The van der Waals surface area contributed by atoms with Crippen molar-refractivity contribution in [2.45, 2.75) is 0 Å². The van der Waals surface area contributed by atoms with Gasteiger partial charge in [-0.05, 0) is 28.1 Å². The molecule has 0 atom stereocenters. The molecular formula is C11H13BrN2O3S. The van der Waals surface area contributed by atoms with Crippen molar-refractivity contribution in [2.75, 3.05) is 30.3 Å². The molecule has 2 rings (SSSR count). The minimum absolute atomic E-state index is 0.0265. The second-order valence-electron chi connectivity index (χ2n) is 4.15. The average molecular weight is 333 g/mol. The molecule has 1 heterocycles. The number of amides is 1. The SMILES string of the molecule is Nc1cccc(C(=O)N2CCS(=O)(=O)CC2)c1Br. The van der Waals surface area contributed by atoms with Crippen LogP contribution < -0.4 is 5.73 Å². The van der Waals surface area contributed by atoms with Crippen molar-refractivity contribution >= 4 is 37.4 Å². The molecule has 2 N–H and O–H groups in total. The number of benzene rings is 1. The maximum atomic E-state index is 12.2. The molecule has 18 heavy (non-hydrogen) atoms. The Kier molecular flexibility index (Phi) is 3.63. The standard InChI is InChI=1S/C11H13BrN2O3S/c12-10-8(2-1-3-9(10)13)11(15)14-4-6-18(16,17)7-5-14/h1-3H,4-7,13H2. The summed E-state index contributed by atoms with van der Waals surface area (Å²) in [5.74, 6) is -0.138. The van der Waals surface area contributed by atoms with Crippen molar-refractivity contribution in [2.24, 2.45) is 0 Å². The van der Waals surface area contributed by atoms with Crippen molar-refractivity contribution in [1.82, 2.24) is 4.90 Å². The van der Waals surface area contributed by atoms with E-state index >= 15 is 0 Å². The van der Waals surface area contributed by atoms with Crippen molar-refractivity contribution < 1.29 is 13.2 Å². The molecule has 1 amide bonds. The molecule has 98 valence electrons. The van der Waals surface area contributed by atoms with Crippen LogP contribution in [0.2, 0.25) is 0 Å². The molecule has 0 saturated carbocycles. The molecule has 7 heteroatoms. The van der Waals surface area contributed by atoms with Gasteiger partial charge < -0.3 is 10.6 Å². The Hall–Kier alpha value is -1.08. The fourth-order valence-electron chi connectivity index (χ4n) is 1.80. The summed E-state index contributed by atoms with van der Waals surface area (Å²) < 4.78 is 23.2. The highest BCUT2D eigenvalue weighted by molar-refractivity contribution is 9.10. The van der Waals surface area contributed by atoms with E-state index in [1.54, 1.807) is 23.1 Å². The van der Waals surface area contributed by atoms with E-state index in [1.165, 1.54) is 0 Å². The first-order chi connectivity index (χ1) is 8.41. The predicted octanol–water partition coefficient (Wildman–Crippen LogP) is 0.902. The maximum absolute atomic E-state index is 12.2. The van der Waals surface area contributed by atoms with Crippen LogP contribution in [0, 0.1) is 0 Å². The number of nitrogens with two attached hydrogens (primary N) is 1. The zero-order valence-electron chi connectivity index (χ0n) is 9.60. The Balaban J connectivity index is 2.20. The summed E-state index contributed by atoms with van der Waals surface area (Å²) in [4.78, 5) is 13.8. The highest BCUT2D eigenvalue weighted by atomic mass is 79.9. The molecule has 1 aromatic carbocycles. The van der Waals surface area contributed by atoms with E-state index in [-0.39, 0.29) is 30.5 Å². The number of hydrogen-bond acceptors (Lipinski definition) is 4. The zero-order chi connectivity index (χ0) is 13.3. The van der Waals surface area contributed by atoms with Gasteiger partial charge in [-0.3, -0.25) is 4.79 Å². The molecule has 0 bridgehead atoms. The Morgan fingerprint density at radius 1 is 1.28 bits per heavy atom. The first-order valence-electron chi connectivity index (χ1n) is 5.44. The first kappa shape index (κ1) is 13.4. The minimum atomic E-state index is -2.98. The summed E-state index contributed by atoms with van der Waals surface area (Å²) in [6, 6.07) is 5.07. The molecular weight excluding hydrogens is 320 g/mol. The van der Waals surface area contributed by atoms with Crippen LogP contribution in [0.15, 0.2) is 22.7 Å². The first-order valence-corrected chi connectivity index (χ1v) is 8.06. The Morgan fingerprint density at radius 2 is 1.89 bits per heavy atom. The highest BCUT2D eigenvalue weighted by Crippen LogP contribution is 2.25. The lowest BCUT2D eigenvalue weighted by Crippen LogP contribution is -2.43. The summed E-state index contributed by atoms with van der Waals surface area (Å²) in [7, 11) is -2.98. The van der Waals surface area contributed by atoms with Crippen LogP contribution in [0.3, 0.4) is 0 Å². The van der Waals surface area contributed by atoms with Crippen molar-refractivity contribution in [3.63, 3.8) is 0 Å². The van der Waals surface area contributed by atoms with Gasteiger partial charge in [-0.15, -0.1) is 0 Å². The number of halogens is 1. The summed E-state index contributed by atoms with van der Waals surface area (Å²) in [5, 5.41) is 0. The smallest absolute Gasteiger partial charge is 0.255 e. The predicted molar refractivity (Wildman–Crippen MR) is 73.1 cm³/mol. The average Bonchev–Trinajstić information content (AvgIpc) is 2.32. The van der Waals surface area contributed by atoms with E-state index in [4.69, 9.17) is 5.73 Å². The molecule has 0 aliphatic carbocycles. The lowest BCUT2D eigenvalue weighted by Gasteiger charge is -2.27. The topological polar surface area (TPSA) is 80.5 Å². The van der Waals surface area contributed by atoms with E-state index in [0.29, 0.717) is 15.7 Å². The van der Waals surface area contributed by atoms with Gasteiger partial charge in [0.2, 0.25) is 0 Å². The van der Waals surface area contributed by atoms with Crippen molar-refractivity contribution in [1.29, 1.82) is 0 Å². The van der Waals surface area contributed by atoms with Gasteiger partial charge in [-0.2, -0.15) is 0 Å². The number of hydrogen-bond donors (Lipinski definition) is 1. The fraction of sp³-hybridized carbons (Fsp3) is 0.364. The molecule has 1 aromatic rings. The van der Waals surface area contributed by atoms with Gasteiger partial charge in [0.25, 0.3) is 5.91 Å². The number of nitrogen functional groups attached to an aromatic ring is 1. The van der Waals surface area contributed by atoms with Gasteiger partial charge in [0.1, 0.15) is 0 Å². The third kappa shape index (κ3) is 2.67. The summed E-state index contributed by atoms with van der Waals surface area (Å²) in [6.45, 7) is 0.477. The normalized spacial score (nSPS) is 18.6. The number of carbonyl (C=O) groups excluding carboxylic acids is 1. The van der Waals surface area contributed by atoms with Crippen LogP contribution in [0.1, 0.15) is 10.4 Å². The zero-order valence-corrected chi connectivity index (χ0v) is 12.0. The minimum Gasteiger partial charge on any atom is -0.398 e. The van der Waals surface area contributed by atoms with Gasteiger partial charge in [0.05, 0.1) is 21.5 Å². The molecule has 5 nitrogen and oxygen atoms in total. The molecule has 0 unspecified atom stereocenters. The second kappa shape index (κ2) is 4.89. The fourth-order valence-corrected chi connectivity index (χ4v) is 3.44. The van der Waals surface area contributed by atoms with E-state index in [1.807, 2.05) is 0 Å². The molecule has 0 radical (unpaired) electrons. The largest absolute Gasteiger partial charge is 0.398 e. The van der Waals surface area contributed by atoms with Gasteiger partial charge >= 0.3 is 0 Å². The number of rotatable bonds is 1. The summed E-state index contributed by atoms with van der Waals surface area (Å²) in [6.07, 6.45) is 0. The Morgan fingerprint density at radius 3 is 2.50 bits per heavy atom. The quantitative estimate of drug-likeness (QED) is 0.775. The van der Waals surface area contributed by atoms with Crippen LogP contribution in [-0.4, -0.2) is 43.8 Å². The van der Waals surface area contributed by atoms with Crippen LogP contribution in [0.4, 0.5) is 5.69 Å². The van der Waals surface area contributed by atoms with Crippen LogP contribution in [-0.2, 0) is 9.84 Å². The number of sulfone groups is 1. The summed E-state index contributed by atoms with van der Waals surface area (Å²) >= 11 is 3.28. The Labute approximate surface area is 114 Å². The number of carbonyl (C=O) groups is 1. The van der Waals surface area contributed by atoms with Gasteiger partial charge in [-0.1, -0.05) is 6.07 Å². The van der Waals surface area contributed by atoms with Crippen molar-refractivity contribution in [3.8, 4) is 0 Å². The molecule has 1 saturated heterocycles. The Bertz CT molecular complexity index is 572. The monoisotopic (exact) mass is 332 g/mol. The van der Waals surface area contributed by atoms with Crippen LogP contribution >= 0.6 is 15.9 Å². The molecule has 1 aliphatic rings. The molecule has 0 spiro atoms. The second-order valence-corrected chi connectivity index (χ2v) is 7.25. The van der Waals surface area contributed by atoms with Gasteiger partial charge in [0.15, 0.2) is 9.84 Å². The molecule has 0 aromatic heterocycles. The van der Waals surface area contributed by atoms with E-state index in [9.17, 15) is 13.2 Å². The van der Waals surface area contributed by atoms with E-state index in [0.717, 1.165) is 0 Å². The number of anilines is 1. The lowest BCUT2D eigenvalue weighted by molar-refractivity contribution is 0.0769. The van der Waals surface area contributed by atoms with Crippen LogP contribution in [0.25, 0.3) is 0 Å². The lowest BCUT2D eigenvalue weighted by atomic mass is 10.1. The molecule has 1 fully saturated rings. The van der Waals surface area contributed by atoms with Crippen LogP contribution in [0.5, 0.6) is 0 Å². The molecule has 1 aliphatic heterocycles. The third-order valence-electron chi connectivity index (χ3n) is 2.89. The van der Waals surface area contributed by atoms with Crippen molar-refractivity contribution in [3.05, 3.63) is 28.2 Å². The van der Waals surface area contributed by atoms with Gasteiger partial charge in [0, 0.05) is 18.8 Å². The van der Waals surface area contributed by atoms with E-state index in [2.05, 4.69) is 15.9 Å². The maximum Gasteiger partial charge on any atom is 0.255 e. The number of nitrogens with zero attached hydrogens (tertiary/aromatic N) is 1. The third-order valence-corrected chi connectivity index (χ3v) is 5.38. The highest BCUT2D eigenvalue weighted by Gasteiger charge is 2.26. The van der Waals surface area contributed by atoms with Gasteiger partial charge in [-0.25, -0.2) is 8.42 Å².